The Bertz CT molecular complexity index is 332. The third-order valence-electron chi connectivity index (χ3n) is 2.60. The van der Waals surface area contributed by atoms with Crippen molar-refractivity contribution in [2.75, 3.05) is 13.7 Å². The van der Waals surface area contributed by atoms with Crippen LogP contribution in [0.1, 0.15) is 18.9 Å². The van der Waals surface area contributed by atoms with Gasteiger partial charge in [-0.2, -0.15) is 0 Å². The molecule has 2 nitrogen and oxygen atoms in total. The van der Waals surface area contributed by atoms with Crippen LogP contribution in [0.4, 0.5) is 4.39 Å². The summed E-state index contributed by atoms with van der Waals surface area (Å²) in [5.41, 5.74) is 0.857. The summed E-state index contributed by atoms with van der Waals surface area (Å²) in [7, 11) is 1.62. The predicted octanol–water partition coefficient (Wildman–Crippen LogP) is 2.61. The van der Waals surface area contributed by atoms with Gasteiger partial charge < -0.3 is 4.74 Å². The molecule has 1 atom stereocenters. The summed E-state index contributed by atoms with van der Waals surface area (Å²) in [6, 6.07) is 6.05. The lowest BCUT2D eigenvalue weighted by molar-refractivity contribution is -0.122. The molecule has 88 valence electrons. The van der Waals surface area contributed by atoms with Crippen LogP contribution in [0.15, 0.2) is 24.3 Å². The SMILES string of the molecule is COCCC(C)C(=O)Cc1ccc(F)cc1. The molecule has 0 radical (unpaired) electrons. The van der Waals surface area contributed by atoms with Gasteiger partial charge in [-0.15, -0.1) is 0 Å². The fourth-order valence-electron chi connectivity index (χ4n) is 1.43. The van der Waals surface area contributed by atoms with Gasteiger partial charge in [-0.05, 0) is 24.1 Å². The Hall–Kier alpha value is -1.22. The van der Waals surface area contributed by atoms with Crippen molar-refractivity contribution in [1.82, 2.24) is 0 Å². The average Bonchev–Trinajstić information content (AvgIpc) is 2.29. The van der Waals surface area contributed by atoms with E-state index in [1.165, 1.54) is 12.1 Å². The van der Waals surface area contributed by atoms with Crippen LogP contribution in [-0.4, -0.2) is 19.5 Å². The van der Waals surface area contributed by atoms with E-state index < -0.39 is 0 Å². The van der Waals surface area contributed by atoms with E-state index in [2.05, 4.69) is 0 Å². The summed E-state index contributed by atoms with van der Waals surface area (Å²) in [6.45, 7) is 2.49. The Morgan fingerprint density at radius 3 is 2.56 bits per heavy atom. The number of ketones is 1. The summed E-state index contributed by atoms with van der Waals surface area (Å²) >= 11 is 0. The van der Waals surface area contributed by atoms with Crippen molar-refractivity contribution in [2.45, 2.75) is 19.8 Å². The highest BCUT2D eigenvalue weighted by atomic mass is 19.1. The van der Waals surface area contributed by atoms with Crippen LogP contribution in [0.5, 0.6) is 0 Å². The van der Waals surface area contributed by atoms with Crippen molar-refractivity contribution in [3.8, 4) is 0 Å². The first-order valence-electron chi connectivity index (χ1n) is 5.39. The van der Waals surface area contributed by atoms with Gasteiger partial charge in [-0.1, -0.05) is 19.1 Å². The molecule has 0 saturated carbocycles. The second-order valence-electron chi connectivity index (χ2n) is 3.95. The fraction of sp³-hybridized carbons (Fsp3) is 0.462. The standard InChI is InChI=1S/C13H17FO2/c1-10(7-8-16-2)13(15)9-11-3-5-12(14)6-4-11/h3-6,10H,7-9H2,1-2H3. The van der Waals surface area contributed by atoms with Crippen molar-refractivity contribution < 1.29 is 13.9 Å². The number of carbonyl (C=O) groups excluding carboxylic acids is 1. The quantitative estimate of drug-likeness (QED) is 0.742. The first-order valence-corrected chi connectivity index (χ1v) is 5.39. The molecule has 0 heterocycles. The highest BCUT2D eigenvalue weighted by molar-refractivity contribution is 5.82. The van der Waals surface area contributed by atoms with E-state index in [1.807, 2.05) is 6.92 Å². The molecule has 0 aliphatic rings. The summed E-state index contributed by atoms with van der Waals surface area (Å²) in [4.78, 5) is 11.8. The molecule has 1 aromatic rings. The molecular formula is C13H17FO2. The molecule has 3 heteroatoms. The number of benzene rings is 1. The van der Waals surface area contributed by atoms with E-state index in [1.54, 1.807) is 19.2 Å². The van der Waals surface area contributed by atoms with Crippen molar-refractivity contribution >= 4 is 5.78 Å². The molecule has 0 aromatic heterocycles. The van der Waals surface area contributed by atoms with E-state index in [9.17, 15) is 9.18 Å². The smallest absolute Gasteiger partial charge is 0.140 e. The monoisotopic (exact) mass is 224 g/mol. The predicted molar refractivity (Wildman–Crippen MR) is 60.8 cm³/mol. The molecule has 1 aromatic carbocycles. The van der Waals surface area contributed by atoms with Gasteiger partial charge >= 0.3 is 0 Å². The molecule has 0 spiro atoms. The van der Waals surface area contributed by atoms with E-state index >= 15 is 0 Å². The zero-order valence-electron chi connectivity index (χ0n) is 9.70. The molecule has 0 bridgehead atoms. The van der Waals surface area contributed by atoms with Gasteiger partial charge in [0.05, 0.1) is 0 Å². The Morgan fingerprint density at radius 1 is 1.38 bits per heavy atom. The fourth-order valence-corrected chi connectivity index (χ4v) is 1.43. The van der Waals surface area contributed by atoms with E-state index in [-0.39, 0.29) is 17.5 Å². The third-order valence-corrected chi connectivity index (χ3v) is 2.60. The molecule has 0 N–H and O–H groups in total. The number of ether oxygens (including phenoxy) is 1. The van der Waals surface area contributed by atoms with Gasteiger partial charge in [0.1, 0.15) is 11.6 Å². The zero-order valence-corrected chi connectivity index (χ0v) is 9.70. The second kappa shape index (κ2) is 6.38. The molecule has 0 aliphatic carbocycles. The largest absolute Gasteiger partial charge is 0.385 e. The normalized spacial score (nSPS) is 12.4. The van der Waals surface area contributed by atoms with Gasteiger partial charge in [0.25, 0.3) is 0 Å². The Labute approximate surface area is 95.4 Å². The Kier molecular flexibility index (Phi) is 5.12. The topological polar surface area (TPSA) is 26.3 Å². The molecule has 0 aliphatic heterocycles. The lowest BCUT2D eigenvalue weighted by atomic mass is 9.97. The van der Waals surface area contributed by atoms with Gasteiger partial charge in [0.15, 0.2) is 0 Å². The minimum atomic E-state index is -0.274. The molecule has 0 fully saturated rings. The average molecular weight is 224 g/mol. The van der Waals surface area contributed by atoms with Crippen LogP contribution in [0.2, 0.25) is 0 Å². The number of carbonyl (C=O) groups is 1. The number of rotatable bonds is 6. The molecule has 1 unspecified atom stereocenters. The van der Waals surface area contributed by atoms with Crippen LogP contribution in [0, 0.1) is 11.7 Å². The van der Waals surface area contributed by atoms with Crippen molar-refractivity contribution in [2.24, 2.45) is 5.92 Å². The van der Waals surface area contributed by atoms with Crippen LogP contribution in [0.3, 0.4) is 0 Å². The van der Waals surface area contributed by atoms with E-state index in [0.29, 0.717) is 13.0 Å². The summed E-state index contributed by atoms with van der Waals surface area (Å²) in [5, 5.41) is 0. The van der Waals surface area contributed by atoms with E-state index in [4.69, 9.17) is 4.74 Å². The van der Waals surface area contributed by atoms with Gasteiger partial charge in [0, 0.05) is 26.1 Å². The summed E-state index contributed by atoms with van der Waals surface area (Å²) in [5.74, 6) is -0.114. The Morgan fingerprint density at radius 2 is 2.00 bits per heavy atom. The number of hydrogen-bond acceptors (Lipinski definition) is 2. The molecule has 0 saturated heterocycles. The minimum Gasteiger partial charge on any atom is -0.385 e. The van der Waals surface area contributed by atoms with Gasteiger partial charge in [0.2, 0.25) is 0 Å². The number of methoxy groups -OCH3 is 1. The summed E-state index contributed by atoms with van der Waals surface area (Å²) in [6.07, 6.45) is 1.10. The van der Waals surface area contributed by atoms with Crippen molar-refractivity contribution in [3.63, 3.8) is 0 Å². The molecule has 0 amide bonds. The third kappa shape index (κ3) is 4.11. The highest BCUT2D eigenvalue weighted by Crippen LogP contribution is 2.10. The lowest BCUT2D eigenvalue weighted by Crippen LogP contribution is -2.15. The van der Waals surface area contributed by atoms with Crippen molar-refractivity contribution in [3.05, 3.63) is 35.6 Å². The minimum absolute atomic E-state index is 0.00926. The Balaban J connectivity index is 2.47. The number of Topliss-reactive ketones (excluding diaryl/α,β-unsaturated/α-hetero) is 1. The van der Waals surface area contributed by atoms with Crippen LogP contribution >= 0.6 is 0 Å². The molecular weight excluding hydrogens is 207 g/mol. The molecule has 16 heavy (non-hydrogen) atoms. The summed E-state index contributed by atoms with van der Waals surface area (Å²) < 4.78 is 17.6. The second-order valence-corrected chi connectivity index (χ2v) is 3.95. The first-order chi connectivity index (χ1) is 7.63. The molecule has 1 rings (SSSR count). The maximum atomic E-state index is 12.6. The number of hydrogen-bond donors (Lipinski definition) is 0. The maximum absolute atomic E-state index is 12.6. The van der Waals surface area contributed by atoms with Crippen LogP contribution in [0.25, 0.3) is 0 Å². The van der Waals surface area contributed by atoms with Gasteiger partial charge in [-0.25, -0.2) is 4.39 Å². The zero-order chi connectivity index (χ0) is 12.0. The lowest BCUT2D eigenvalue weighted by Gasteiger charge is -2.09. The van der Waals surface area contributed by atoms with E-state index in [0.717, 1.165) is 12.0 Å². The first kappa shape index (κ1) is 12.8. The van der Waals surface area contributed by atoms with Crippen LogP contribution in [-0.2, 0) is 16.0 Å². The maximum Gasteiger partial charge on any atom is 0.140 e. The number of halogens is 1. The van der Waals surface area contributed by atoms with Crippen LogP contribution < -0.4 is 0 Å². The highest BCUT2D eigenvalue weighted by Gasteiger charge is 2.12. The van der Waals surface area contributed by atoms with Crippen molar-refractivity contribution in [1.29, 1.82) is 0 Å². The van der Waals surface area contributed by atoms with Gasteiger partial charge in [-0.3, -0.25) is 4.79 Å².